The van der Waals surface area contributed by atoms with Crippen molar-refractivity contribution in [3.05, 3.63) is 0 Å². The van der Waals surface area contributed by atoms with Gasteiger partial charge in [0.15, 0.2) is 0 Å². The molecule has 0 saturated carbocycles. The van der Waals surface area contributed by atoms with E-state index < -0.39 is 0 Å². The number of rotatable bonds is 3. The van der Waals surface area contributed by atoms with Gasteiger partial charge in [0.1, 0.15) is 6.61 Å². The molecular weight excluding hydrogens is 78.0 g/mol. The molecular formula is C4H9NO. The average Bonchev–Trinajstić information content (AvgIpc) is 1.61. The Balaban J connectivity index is 2.49. The summed E-state index contributed by atoms with van der Waals surface area (Å²) in [6, 6.07) is 0. The largest absolute Gasteiger partial charge is 0.396 e. The van der Waals surface area contributed by atoms with E-state index in [2.05, 4.69) is 16.7 Å². The van der Waals surface area contributed by atoms with Gasteiger partial charge in [0.25, 0.3) is 0 Å². The van der Waals surface area contributed by atoms with E-state index in [1.54, 1.807) is 0 Å². The minimum atomic E-state index is 0.684. The van der Waals surface area contributed by atoms with Crippen molar-refractivity contribution in [1.29, 1.82) is 0 Å². The minimum Gasteiger partial charge on any atom is -0.396 e. The first kappa shape index (κ1) is 5.47. The lowest BCUT2D eigenvalue weighted by atomic mass is 10.5. The van der Waals surface area contributed by atoms with Crippen LogP contribution in [0.5, 0.6) is 0 Å². The Hall–Kier alpha value is -0.530. The third-order valence-electron chi connectivity index (χ3n) is 0.387. The fraction of sp³-hybridized carbons (Fsp3) is 0.750. The van der Waals surface area contributed by atoms with E-state index in [0.29, 0.717) is 6.61 Å². The quantitative estimate of drug-likeness (QED) is 0.286. The van der Waals surface area contributed by atoms with Crippen LogP contribution in [0.3, 0.4) is 0 Å². The highest BCUT2D eigenvalue weighted by molar-refractivity contribution is 5.21. The van der Waals surface area contributed by atoms with Gasteiger partial charge in [-0.3, -0.25) is 0 Å². The molecule has 0 rings (SSSR count). The van der Waals surface area contributed by atoms with Crippen molar-refractivity contribution in [1.82, 2.24) is 0 Å². The second kappa shape index (κ2) is 4.47. The molecule has 0 spiro atoms. The molecule has 36 valence electrons. The minimum absolute atomic E-state index is 0.684. The summed E-state index contributed by atoms with van der Waals surface area (Å²) in [6.07, 6.45) is 0.999. The maximum Gasteiger partial charge on any atom is 0.116 e. The highest BCUT2D eigenvalue weighted by Crippen LogP contribution is 1.75. The molecule has 0 unspecified atom stereocenters. The lowest BCUT2D eigenvalue weighted by Gasteiger charge is -1.87. The molecule has 0 aromatic carbocycles. The van der Waals surface area contributed by atoms with E-state index in [0.717, 1.165) is 6.42 Å². The Bertz CT molecular complexity index is 36.5. The summed E-state index contributed by atoms with van der Waals surface area (Å²) in [5.41, 5.74) is 0. The van der Waals surface area contributed by atoms with Crippen LogP contribution < -0.4 is 0 Å². The van der Waals surface area contributed by atoms with Gasteiger partial charge in [0.05, 0.1) is 0 Å². The first-order valence-electron chi connectivity index (χ1n) is 1.99. The molecule has 0 fully saturated rings. The Labute approximate surface area is 37.8 Å². The fourth-order valence-corrected chi connectivity index (χ4v) is 0.156. The SMILES string of the molecule is C=NOCCC. The van der Waals surface area contributed by atoms with Crippen molar-refractivity contribution < 1.29 is 4.84 Å². The van der Waals surface area contributed by atoms with Crippen LogP contribution in [0.1, 0.15) is 13.3 Å². The maximum absolute atomic E-state index is 4.50. The predicted molar refractivity (Wildman–Crippen MR) is 25.8 cm³/mol. The third-order valence-corrected chi connectivity index (χ3v) is 0.387. The van der Waals surface area contributed by atoms with Crippen LogP contribution in [0, 0.1) is 0 Å². The lowest BCUT2D eigenvalue weighted by Crippen LogP contribution is -1.80. The Morgan fingerprint density at radius 2 is 2.50 bits per heavy atom. The number of nitrogens with zero attached hydrogens (tertiary/aromatic N) is 1. The van der Waals surface area contributed by atoms with Crippen molar-refractivity contribution in [2.24, 2.45) is 5.16 Å². The van der Waals surface area contributed by atoms with Crippen molar-refractivity contribution in [3.63, 3.8) is 0 Å². The number of hydrogen-bond donors (Lipinski definition) is 0. The molecule has 0 bridgehead atoms. The molecule has 0 atom stereocenters. The first-order chi connectivity index (χ1) is 2.91. The first-order valence-corrected chi connectivity index (χ1v) is 1.99. The summed E-state index contributed by atoms with van der Waals surface area (Å²) in [6.45, 7) is 5.83. The summed E-state index contributed by atoms with van der Waals surface area (Å²) < 4.78 is 0. The van der Waals surface area contributed by atoms with Gasteiger partial charge in [-0.15, -0.1) is 5.16 Å². The zero-order valence-corrected chi connectivity index (χ0v) is 3.98. The Morgan fingerprint density at radius 3 is 2.67 bits per heavy atom. The van der Waals surface area contributed by atoms with Crippen LogP contribution in [0.15, 0.2) is 5.16 Å². The molecule has 0 radical (unpaired) electrons. The van der Waals surface area contributed by atoms with Crippen LogP contribution in [-0.2, 0) is 4.84 Å². The standard InChI is InChI=1S/C4H9NO/c1-3-4-6-5-2/h2-4H2,1H3. The lowest BCUT2D eigenvalue weighted by molar-refractivity contribution is 0.148. The predicted octanol–water partition coefficient (Wildman–Crippen LogP) is 1.03. The monoisotopic (exact) mass is 87.1 g/mol. The van der Waals surface area contributed by atoms with Crippen molar-refractivity contribution in [2.75, 3.05) is 6.61 Å². The van der Waals surface area contributed by atoms with E-state index in [4.69, 9.17) is 0 Å². The van der Waals surface area contributed by atoms with Gasteiger partial charge < -0.3 is 4.84 Å². The molecule has 0 amide bonds. The molecule has 0 aliphatic rings. The smallest absolute Gasteiger partial charge is 0.116 e. The van der Waals surface area contributed by atoms with Crippen LogP contribution in [0.4, 0.5) is 0 Å². The van der Waals surface area contributed by atoms with Gasteiger partial charge in [0, 0.05) is 6.72 Å². The van der Waals surface area contributed by atoms with Gasteiger partial charge in [-0.25, -0.2) is 0 Å². The maximum atomic E-state index is 4.50. The zero-order valence-electron chi connectivity index (χ0n) is 3.98. The molecule has 2 heteroatoms. The summed E-state index contributed by atoms with van der Waals surface area (Å²) in [4.78, 5) is 4.50. The molecule has 0 aliphatic carbocycles. The molecule has 0 saturated heterocycles. The van der Waals surface area contributed by atoms with Crippen molar-refractivity contribution in [3.8, 4) is 0 Å². The van der Waals surface area contributed by atoms with E-state index in [1.165, 1.54) is 0 Å². The fourth-order valence-electron chi connectivity index (χ4n) is 0.156. The van der Waals surface area contributed by atoms with Crippen LogP contribution >= 0.6 is 0 Å². The van der Waals surface area contributed by atoms with Crippen LogP contribution in [0.25, 0.3) is 0 Å². The summed E-state index contributed by atoms with van der Waals surface area (Å²) >= 11 is 0. The topological polar surface area (TPSA) is 21.6 Å². The molecule has 0 N–H and O–H groups in total. The molecule has 0 aliphatic heterocycles. The second-order valence-corrected chi connectivity index (χ2v) is 0.962. The molecule has 6 heavy (non-hydrogen) atoms. The van der Waals surface area contributed by atoms with E-state index in [1.807, 2.05) is 6.92 Å². The Morgan fingerprint density at radius 1 is 1.83 bits per heavy atom. The highest BCUT2D eigenvalue weighted by atomic mass is 16.6. The van der Waals surface area contributed by atoms with Gasteiger partial charge >= 0.3 is 0 Å². The third kappa shape index (κ3) is 3.47. The summed E-state index contributed by atoms with van der Waals surface area (Å²) in [5, 5.41) is 3.18. The van der Waals surface area contributed by atoms with Gasteiger partial charge in [-0.05, 0) is 6.42 Å². The summed E-state index contributed by atoms with van der Waals surface area (Å²) in [7, 11) is 0. The molecule has 0 heterocycles. The normalized spacial score (nSPS) is 7.50. The molecule has 2 nitrogen and oxygen atoms in total. The second-order valence-electron chi connectivity index (χ2n) is 0.962. The van der Waals surface area contributed by atoms with Crippen molar-refractivity contribution in [2.45, 2.75) is 13.3 Å². The van der Waals surface area contributed by atoms with Crippen molar-refractivity contribution >= 4 is 6.72 Å². The molecule has 0 aromatic rings. The number of oxime groups is 1. The van der Waals surface area contributed by atoms with E-state index in [9.17, 15) is 0 Å². The van der Waals surface area contributed by atoms with Crippen LogP contribution in [-0.4, -0.2) is 13.3 Å². The van der Waals surface area contributed by atoms with Crippen LogP contribution in [0.2, 0.25) is 0 Å². The van der Waals surface area contributed by atoms with E-state index >= 15 is 0 Å². The zero-order chi connectivity index (χ0) is 4.83. The molecule has 0 aromatic heterocycles. The Kier molecular flexibility index (Phi) is 4.08. The average molecular weight is 87.1 g/mol. The summed E-state index contributed by atoms with van der Waals surface area (Å²) in [5.74, 6) is 0. The highest BCUT2D eigenvalue weighted by Gasteiger charge is 1.70. The van der Waals surface area contributed by atoms with Gasteiger partial charge in [-0.1, -0.05) is 6.92 Å². The number of hydrogen-bond acceptors (Lipinski definition) is 2. The van der Waals surface area contributed by atoms with Gasteiger partial charge in [-0.2, -0.15) is 0 Å². The van der Waals surface area contributed by atoms with E-state index in [-0.39, 0.29) is 0 Å². The van der Waals surface area contributed by atoms with Gasteiger partial charge in [0.2, 0.25) is 0 Å².